The third kappa shape index (κ3) is 2.81. The highest BCUT2D eigenvalue weighted by Crippen LogP contribution is 2.22. The number of aromatic nitrogens is 2. The summed E-state index contributed by atoms with van der Waals surface area (Å²) in [7, 11) is 0. The van der Waals surface area contributed by atoms with Gasteiger partial charge in [-0.2, -0.15) is 4.98 Å². The van der Waals surface area contributed by atoms with Crippen molar-refractivity contribution in [3.8, 4) is 11.5 Å². The molecular weight excluding hydrogens is 245 g/mol. The van der Waals surface area contributed by atoms with Gasteiger partial charge in [-0.25, -0.2) is 4.39 Å². The van der Waals surface area contributed by atoms with E-state index in [-0.39, 0.29) is 11.7 Å². The molecule has 1 aliphatic rings. The summed E-state index contributed by atoms with van der Waals surface area (Å²) in [6, 6.07) is 6.44. The molecule has 0 spiro atoms. The van der Waals surface area contributed by atoms with Crippen molar-refractivity contribution in [3.05, 3.63) is 35.9 Å². The first kappa shape index (κ1) is 12.3. The molecular formula is C14H16FN3O. The SMILES string of the molecule is Fc1ccccc1-c1nc(CC2CCCNC2)no1. The Morgan fingerprint density at radius 3 is 3.05 bits per heavy atom. The summed E-state index contributed by atoms with van der Waals surface area (Å²) in [4.78, 5) is 4.29. The molecule has 1 aromatic heterocycles. The lowest BCUT2D eigenvalue weighted by Gasteiger charge is -2.20. The lowest BCUT2D eigenvalue weighted by atomic mass is 9.96. The number of nitrogens with zero attached hydrogens (tertiary/aromatic N) is 2. The van der Waals surface area contributed by atoms with E-state index in [1.165, 1.54) is 18.9 Å². The van der Waals surface area contributed by atoms with Crippen molar-refractivity contribution < 1.29 is 8.91 Å². The van der Waals surface area contributed by atoms with Gasteiger partial charge in [0.25, 0.3) is 5.89 Å². The van der Waals surface area contributed by atoms with Crippen LogP contribution in [0.2, 0.25) is 0 Å². The summed E-state index contributed by atoms with van der Waals surface area (Å²) in [5, 5.41) is 7.30. The molecule has 0 radical (unpaired) electrons. The molecule has 4 nitrogen and oxygen atoms in total. The van der Waals surface area contributed by atoms with Crippen LogP contribution in [0.3, 0.4) is 0 Å². The molecule has 0 aliphatic carbocycles. The fourth-order valence-electron chi connectivity index (χ4n) is 2.44. The third-order valence-corrected chi connectivity index (χ3v) is 3.44. The summed E-state index contributed by atoms with van der Waals surface area (Å²) in [6.07, 6.45) is 3.14. The Kier molecular flexibility index (Phi) is 3.55. The van der Waals surface area contributed by atoms with E-state index in [9.17, 15) is 4.39 Å². The summed E-state index contributed by atoms with van der Waals surface area (Å²) < 4.78 is 18.8. The zero-order chi connectivity index (χ0) is 13.1. The molecule has 1 unspecified atom stereocenters. The number of rotatable bonds is 3. The molecule has 1 aliphatic heterocycles. The standard InChI is InChI=1S/C14H16FN3O/c15-12-6-2-1-5-11(12)14-17-13(18-19-14)8-10-4-3-7-16-9-10/h1-2,5-6,10,16H,3-4,7-9H2. The molecule has 5 heteroatoms. The second-order valence-electron chi connectivity index (χ2n) is 4.91. The van der Waals surface area contributed by atoms with Gasteiger partial charge in [0.15, 0.2) is 5.82 Å². The minimum absolute atomic E-state index is 0.261. The van der Waals surface area contributed by atoms with E-state index in [2.05, 4.69) is 15.5 Å². The van der Waals surface area contributed by atoms with Gasteiger partial charge < -0.3 is 9.84 Å². The largest absolute Gasteiger partial charge is 0.334 e. The van der Waals surface area contributed by atoms with Gasteiger partial charge in [-0.15, -0.1) is 0 Å². The molecule has 0 amide bonds. The lowest BCUT2D eigenvalue weighted by Crippen LogP contribution is -2.31. The topological polar surface area (TPSA) is 51.0 Å². The molecule has 1 saturated heterocycles. The maximum absolute atomic E-state index is 13.6. The van der Waals surface area contributed by atoms with E-state index >= 15 is 0 Å². The Labute approximate surface area is 111 Å². The average molecular weight is 261 g/mol. The maximum Gasteiger partial charge on any atom is 0.260 e. The van der Waals surface area contributed by atoms with E-state index in [0.717, 1.165) is 19.5 Å². The normalized spacial score (nSPS) is 19.5. The maximum atomic E-state index is 13.6. The van der Waals surface area contributed by atoms with Gasteiger partial charge in [-0.1, -0.05) is 17.3 Å². The summed E-state index contributed by atoms with van der Waals surface area (Å²) in [6.45, 7) is 2.08. The molecule has 2 aromatic rings. The first-order valence-corrected chi connectivity index (χ1v) is 6.61. The number of benzene rings is 1. The summed E-state index contributed by atoms with van der Waals surface area (Å²) in [5.74, 6) is 1.13. The predicted octanol–water partition coefficient (Wildman–Crippen LogP) is 2.42. The number of halogens is 1. The van der Waals surface area contributed by atoms with Crippen LogP contribution >= 0.6 is 0 Å². The Hall–Kier alpha value is -1.75. The monoisotopic (exact) mass is 261 g/mol. The van der Waals surface area contributed by atoms with Crippen LogP contribution in [0.15, 0.2) is 28.8 Å². The van der Waals surface area contributed by atoms with E-state index in [0.29, 0.717) is 17.3 Å². The van der Waals surface area contributed by atoms with Crippen molar-refractivity contribution in [2.75, 3.05) is 13.1 Å². The van der Waals surface area contributed by atoms with Crippen molar-refractivity contribution in [2.24, 2.45) is 5.92 Å². The zero-order valence-electron chi connectivity index (χ0n) is 10.6. The van der Waals surface area contributed by atoms with Gasteiger partial charge in [0.2, 0.25) is 0 Å². The van der Waals surface area contributed by atoms with Crippen molar-refractivity contribution in [1.29, 1.82) is 0 Å². The van der Waals surface area contributed by atoms with Gasteiger partial charge in [-0.3, -0.25) is 0 Å². The van der Waals surface area contributed by atoms with Crippen molar-refractivity contribution in [1.82, 2.24) is 15.5 Å². The van der Waals surface area contributed by atoms with Crippen LogP contribution in [0.25, 0.3) is 11.5 Å². The van der Waals surface area contributed by atoms with Crippen LogP contribution in [0.4, 0.5) is 4.39 Å². The number of hydrogen-bond acceptors (Lipinski definition) is 4. The fraction of sp³-hybridized carbons (Fsp3) is 0.429. The van der Waals surface area contributed by atoms with Crippen molar-refractivity contribution in [3.63, 3.8) is 0 Å². The highest BCUT2D eigenvalue weighted by Gasteiger charge is 2.18. The molecule has 0 bridgehead atoms. The van der Waals surface area contributed by atoms with Gasteiger partial charge in [0, 0.05) is 6.42 Å². The molecule has 1 N–H and O–H groups in total. The van der Waals surface area contributed by atoms with Crippen LogP contribution in [0, 0.1) is 11.7 Å². The lowest BCUT2D eigenvalue weighted by molar-refractivity contribution is 0.359. The van der Waals surface area contributed by atoms with Gasteiger partial charge in [0.1, 0.15) is 5.82 Å². The van der Waals surface area contributed by atoms with Crippen molar-refractivity contribution in [2.45, 2.75) is 19.3 Å². The number of hydrogen-bond donors (Lipinski definition) is 1. The summed E-state index contributed by atoms with van der Waals surface area (Å²) >= 11 is 0. The molecule has 1 aromatic carbocycles. The fourth-order valence-corrected chi connectivity index (χ4v) is 2.44. The molecule has 1 fully saturated rings. The van der Waals surface area contributed by atoms with E-state index in [1.54, 1.807) is 18.2 Å². The Bertz CT molecular complexity index is 549. The Balaban J connectivity index is 1.74. The van der Waals surface area contributed by atoms with E-state index in [1.807, 2.05) is 0 Å². The quantitative estimate of drug-likeness (QED) is 0.922. The first-order chi connectivity index (χ1) is 9.33. The Morgan fingerprint density at radius 2 is 2.26 bits per heavy atom. The molecule has 1 atom stereocenters. The molecule has 0 saturated carbocycles. The number of nitrogens with one attached hydrogen (secondary N) is 1. The average Bonchev–Trinajstić information content (AvgIpc) is 2.89. The second-order valence-corrected chi connectivity index (χ2v) is 4.91. The minimum atomic E-state index is -0.336. The highest BCUT2D eigenvalue weighted by atomic mass is 19.1. The van der Waals surface area contributed by atoms with Crippen LogP contribution in [-0.4, -0.2) is 23.2 Å². The molecule has 2 heterocycles. The van der Waals surface area contributed by atoms with Gasteiger partial charge >= 0.3 is 0 Å². The number of piperidine rings is 1. The van der Waals surface area contributed by atoms with Crippen LogP contribution in [0.5, 0.6) is 0 Å². The summed E-state index contributed by atoms with van der Waals surface area (Å²) in [5.41, 5.74) is 0.364. The van der Waals surface area contributed by atoms with Crippen LogP contribution < -0.4 is 5.32 Å². The van der Waals surface area contributed by atoms with E-state index in [4.69, 9.17) is 4.52 Å². The third-order valence-electron chi connectivity index (χ3n) is 3.44. The second kappa shape index (κ2) is 5.48. The van der Waals surface area contributed by atoms with Gasteiger partial charge in [-0.05, 0) is 44.0 Å². The predicted molar refractivity (Wildman–Crippen MR) is 69.0 cm³/mol. The van der Waals surface area contributed by atoms with E-state index < -0.39 is 0 Å². The van der Waals surface area contributed by atoms with Crippen LogP contribution in [0.1, 0.15) is 18.7 Å². The first-order valence-electron chi connectivity index (χ1n) is 6.61. The highest BCUT2D eigenvalue weighted by molar-refractivity contribution is 5.53. The Morgan fingerprint density at radius 1 is 1.37 bits per heavy atom. The molecule has 100 valence electrons. The van der Waals surface area contributed by atoms with Crippen molar-refractivity contribution >= 4 is 0 Å². The zero-order valence-corrected chi connectivity index (χ0v) is 10.6. The minimum Gasteiger partial charge on any atom is -0.334 e. The van der Waals surface area contributed by atoms with Crippen LogP contribution in [-0.2, 0) is 6.42 Å². The molecule has 19 heavy (non-hydrogen) atoms. The molecule has 3 rings (SSSR count). The smallest absolute Gasteiger partial charge is 0.260 e. The van der Waals surface area contributed by atoms with Gasteiger partial charge in [0.05, 0.1) is 5.56 Å².